The molecule has 0 bridgehead atoms. The monoisotopic (exact) mass is 243 g/mol. The molecule has 0 heterocycles. The molecule has 5 heteroatoms. The Morgan fingerprint density at radius 3 is 2.44 bits per heavy atom. The number of hydrogen-bond acceptors (Lipinski definition) is 4. The minimum Gasteiger partial charge on any atom is -0.483 e. The van der Waals surface area contributed by atoms with Gasteiger partial charge in [0.05, 0.1) is 17.7 Å². The summed E-state index contributed by atoms with van der Waals surface area (Å²) in [6.07, 6.45) is 0. The lowest BCUT2D eigenvalue weighted by atomic mass is 10.1. The van der Waals surface area contributed by atoms with Crippen LogP contribution >= 0.6 is 0 Å². The number of nitrogens with one attached hydrogen (secondary N) is 1. The fourth-order valence-corrected chi connectivity index (χ4v) is 1.57. The number of aryl methyl sites for hydroxylation is 2. The van der Waals surface area contributed by atoms with Crippen LogP contribution in [0.1, 0.15) is 16.7 Å². The van der Waals surface area contributed by atoms with Crippen LogP contribution in [0.15, 0.2) is 12.1 Å². The third-order valence-corrected chi connectivity index (χ3v) is 2.30. The summed E-state index contributed by atoms with van der Waals surface area (Å²) in [5, 5.41) is 19.5. The van der Waals surface area contributed by atoms with Crippen molar-refractivity contribution in [3.05, 3.63) is 28.8 Å². The highest BCUT2D eigenvalue weighted by molar-refractivity contribution is 5.77. The van der Waals surface area contributed by atoms with E-state index in [0.29, 0.717) is 11.3 Å². The molecule has 0 aliphatic carbocycles. The largest absolute Gasteiger partial charge is 0.483 e. The van der Waals surface area contributed by atoms with E-state index >= 15 is 0 Å². The van der Waals surface area contributed by atoms with Gasteiger partial charge in [0, 0.05) is 0 Å². The number of amides is 1. The van der Waals surface area contributed by atoms with Gasteiger partial charge >= 0.3 is 0 Å². The van der Waals surface area contributed by atoms with Gasteiger partial charge in [-0.25, -0.2) is 0 Å². The van der Waals surface area contributed by atoms with Crippen molar-refractivity contribution in [1.29, 1.82) is 10.5 Å². The van der Waals surface area contributed by atoms with Crippen molar-refractivity contribution in [2.24, 2.45) is 0 Å². The smallest absolute Gasteiger partial charge is 0.258 e. The Labute approximate surface area is 106 Å². The van der Waals surface area contributed by atoms with Crippen LogP contribution in [-0.4, -0.2) is 19.1 Å². The quantitative estimate of drug-likeness (QED) is 0.805. The van der Waals surface area contributed by atoms with Crippen LogP contribution in [0.2, 0.25) is 0 Å². The molecule has 0 aliphatic rings. The zero-order valence-electron chi connectivity index (χ0n) is 10.3. The fraction of sp³-hybridized carbons (Fsp3) is 0.308. The maximum absolute atomic E-state index is 11.3. The fourth-order valence-electron chi connectivity index (χ4n) is 1.57. The molecule has 0 aromatic heterocycles. The summed E-state index contributed by atoms with van der Waals surface area (Å²) >= 11 is 0. The van der Waals surface area contributed by atoms with Gasteiger partial charge in [0.1, 0.15) is 12.3 Å². The molecule has 18 heavy (non-hydrogen) atoms. The van der Waals surface area contributed by atoms with Crippen molar-refractivity contribution >= 4 is 5.91 Å². The first-order chi connectivity index (χ1) is 8.58. The van der Waals surface area contributed by atoms with E-state index in [1.54, 1.807) is 12.1 Å². The number of benzene rings is 1. The molecule has 0 saturated carbocycles. The van der Waals surface area contributed by atoms with Crippen molar-refractivity contribution < 1.29 is 9.53 Å². The minimum atomic E-state index is -0.347. The lowest BCUT2D eigenvalue weighted by Crippen LogP contribution is -2.29. The molecule has 0 spiro atoms. The summed E-state index contributed by atoms with van der Waals surface area (Å²) in [4.78, 5) is 11.3. The first-order valence-electron chi connectivity index (χ1n) is 5.36. The normalized spacial score (nSPS) is 9.11. The van der Waals surface area contributed by atoms with Crippen molar-refractivity contribution in [3.8, 4) is 17.9 Å². The van der Waals surface area contributed by atoms with E-state index in [4.69, 9.17) is 15.3 Å². The van der Waals surface area contributed by atoms with Crippen molar-refractivity contribution in [2.45, 2.75) is 13.8 Å². The maximum atomic E-state index is 11.3. The molecule has 1 amide bonds. The van der Waals surface area contributed by atoms with E-state index in [1.165, 1.54) is 0 Å². The highest BCUT2D eigenvalue weighted by Crippen LogP contribution is 2.24. The lowest BCUT2D eigenvalue weighted by molar-refractivity contribution is -0.122. The molecule has 0 radical (unpaired) electrons. The topological polar surface area (TPSA) is 85.9 Å². The van der Waals surface area contributed by atoms with Gasteiger partial charge in [0.2, 0.25) is 0 Å². The number of hydrogen-bond donors (Lipinski definition) is 1. The summed E-state index contributed by atoms with van der Waals surface area (Å²) in [6.45, 7) is 3.45. The Balaban J connectivity index is 2.72. The first-order valence-corrected chi connectivity index (χ1v) is 5.36. The van der Waals surface area contributed by atoms with Crippen molar-refractivity contribution in [2.75, 3.05) is 13.2 Å². The van der Waals surface area contributed by atoms with Gasteiger partial charge in [-0.1, -0.05) is 0 Å². The zero-order chi connectivity index (χ0) is 13.5. The van der Waals surface area contributed by atoms with E-state index < -0.39 is 0 Å². The summed E-state index contributed by atoms with van der Waals surface area (Å²) < 4.78 is 5.40. The molecular weight excluding hydrogens is 230 g/mol. The highest BCUT2D eigenvalue weighted by atomic mass is 16.5. The molecule has 1 rings (SSSR count). The Morgan fingerprint density at radius 1 is 1.33 bits per heavy atom. The van der Waals surface area contributed by atoms with Gasteiger partial charge in [-0.05, 0) is 37.1 Å². The number of nitrogens with zero attached hydrogens (tertiary/aromatic N) is 2. The van der Waals surface area contributed by atoms with Crippen LogP contribution in [0.4, 0.5) is 0 Å². The molecule has 1 aromatic rings. The second-order valence-electron chi connectivity index (χ2n) is 3.77. The van der Waals surface area contributed by atoms with Crippen LogP contribution in [0.3, 0.4) is 0 Å². The molecule has 0 unspecified atom stereocenters. The SMILES string of the molecule is Cc1cc(C#N)cc(C)c1OCC(=O)NCC#N. The number of rotatable bonds is 4. The number of carbonyl (C=O) groups excluding carboxylic acids is 1. The summed E-state index contributed by atoms with van der Waals surface area (Å²) in [5.74, 6) is 0.251. The molecule has 0 fully saturated rings. The molecule has 1 aromatic carbocycles. The van der Waals surface area contributed by atoms with E-state index in [-0.39, 0.29) is 19.1 Å². The van der Waals surface area contributed by atoms with Gasteiger partial charge in [-0.3, -0.25) is 4.79 Å². The first kappa shape index (κ1) is 13.5. The van der Waals surface area contributed by atoms with Crippen LogP contribution in [-0.2, 0) is 4.79 Å². The summed E-state index contributed by atoms with van der Waals surface area (Å²) in [7, 11) is 0. The van der Waals surface area contributed by atoms with Gasteiger partial charge < -0.3 is 10.1 Å². The van der Waals surface area contributed by atoms with Gasteiger partial charge in [0.15, 0.2) is 6.61 Å². The van der Waals surface area contributed by atoms with E-state index in [1.807, 2.05) is 19.9 Å². The predicted octanol–water partition coefficient (Wildman–Crippen LogP) is 1.19. The Kier molecular flexibility index (Phi) is 4.71. The standard InChI is InChI=1S/C13H13N3O2/c1-9-5-11(7-15)6-10(2)13(9)18-8-12(17)16-4-3-14/h5-6H,4,8H2,1-2H3,(H,16,17). The molecule has 0 atom stereocenters. The second-order valence-corrected chi connectivity index (χ2v) is 3.77. The van der Waals surface area contributed by atoms with Crippen LogP contribution in [0, 0.1) is 36.5 Å². The predicted molar refractivity (Wildman–Crippen MR) is 64.7 cm³/mol. The molecule has 0 saturated heterocycles. The molecule has 0 aliphatic heterocycles. The molecule has 1 N–H and O–H groups in total. The van der Waals surface area contributed by atoms with E-state index in [9.17, 15) is 4.79 Å². The van der Waals surface area contributed by atoms with E-state index in [2.05, 4.69) is 11.4 Å². The molecule has 92 valence electrons. The van der Waals surface area contributed by atoms with Crippen LogP contribution in [0.5, 0.6) is 5.75 Å². The van der Waals surface area contributed by atoms with E-state index in [0.717, 1.165) is 11.1 Å². The Bertz CT molecular complexity index is 515. The van der Waals surface area contributed by atoms with Crippen molar-refractivity contribution in [1.82, 2.24) is 5.32 Å². The van der Waals surface area contributed by atoms with Gasteiger partial charge in [-0.2, -0.15) is 10.5 Å². The average molecular weight is 243 g/mol. The average Bonchev–Trinajstić information content (AvgIpc) is 2.34. The maximum Gasteiger partial charge on any atom is 0.258 e. The lowest BCUT2D eigenvalue weighted by Gasteiger charge is -2.11. The Morgan fingerprint density at radius 2 is 1.94 bits per heavy atom. The number of carbonyl (C=O) groups is 1. The zero-order valence-corrected chi connectivity index (χ0v) is 10.3. The summed E-state index contributed by atoms with van der Waals surface area (Å²) in [6, 6.07) is 7.28. The highest BCUT2D eigenvalue weighted by Gasteiger charge is 2.08. The minimum absolute atomic E-state index is 0.0342. The van der Waals surface area contributed by atoms with Crippen molar-refractivity contribution in [3.63, 3.8) is 0 Å². The Hall–Kier alpha value is -2.53. The van der Waals surface area contributed by atoms with Crippen LogP contribution < -0.4 is 10.1 Å². The molecule has 5 nitrogen and oxygen atoms in total. The number of ether oxygens (including phenoxy) is 1. The third kappa shape index (κ3) is 3.50. The summed E-state index contributed by atoms with van der Waals surface area (Å²) in [5.41, 5.74) is 2.17. The number of nitriles is 2. The molecular formula is C13H13N3O2. The third-order valence-electron chi connectivity index (χ3n) is 2.30. The van der Waals surface area contributed by atoms with Gasteiger partial charge in [-0.15, -0.1) is 0 Å². The van der Waals surface area contributed by atoms with Crippen LogP contribution in [0.25, 0.3) is 0 Å². The second kappa shape index (κ2) is 6.27. The van der Waals surface area contributed by atoms with Gasteiger partial charge in [0.25, 0.3) is 5.91 Å².